The van der Waals surface area contributed by atoms with Crippen molar-refractivity contribution in [2.45, 2.75) is 6.10 Å². The van der Waals surface area contributed by atoms with E-state index in [1.165, 1.54) is 0 Å². The Morgan fingerprint density at radius 2 is 1.70 bits per heavy atom. The second-order valence-electron chi connectivity index (χ2n) is 5.14. The molecule has 2 aromatic carbocycles. The second-order valence-corrected chi connectivity index (χ2v) is 5.14. The Morgan fingerprint density at radius 1 is 0.957 bits per heavy atom. The topological polar surface area (TPSA) is 62.8 Å². The van der Waals surface area contributed by atoms with Crippen LogP contribution in [0.3, 0.4) is 0 Å². The Bertz CT molecular complexity index is 546. The van der Waals surface area contributed by atoms with Crippen LogP contribution in [0.15, 0.2) is 54.6 Å². The molecule has 2 rings (SSSR count). The van der Waals surface area contributed by atoms with Gasteiger partial charge in [0.2, 0.25) is 0 Å². The number of rotatable bonds is 10. The average molecular weight is 316 g/mol. The van der Waals surface area contributed by atoms with Crippen LogP contribution in [-0.2, 0) is 0 Å². The zero-order valence-corrected chi connectivity index (χ0v) is 13.4. The zero-order valence-electron chi connectivity index (χ0n) is 13.4. The van der Waals surface area contributed by atoms with Crippen LogP contribution in [-0.4, -0.2) is 44.6 Å². The summed E-state index contributed by atoms with van der Waals surface area (Å²) in [5, 5.41) is 16.4. The van der Waals surface area contributed by atoms with E-state index in [-0.39, 0.29) is 6.61 Å². The first-order valence-electron chi connectivity index (χ1n) is 7.72. The fourth-order valence-corrected chi connectivity index (χ4v) is 2.04. The van der Waals surface area contributed by atoms with Crippen molar-refractivity contribution in [2.24, 2.45) is 0 Å². The molecule has 0 fully saturated rings. The fourth-order valence-electron chi connectivity index (χ4n) is 2.04. The molecule has 124 valence electrons. The summed E-state index contributed by atoms with van der Waals surface area (Å²) in [6.07, 6.45) is -0.531. The number of anilines is 1. The number of nitrogens with one attached hydrogen (secondary N) is 2. The summed E-state index contributed by atoms with van der Waals surface area (Å²) in [5.74, 6) is 1.61. The number of para-hydroxylation sites is 1. The number of ether oxygens (including phenoxy) is 2. The van der Waals surface area contributed by atoms with Gasteiger partial charge in [-0.3, -0.25) is 0 Å². The summed E-state index contributed by atoms with van der Waals surface area (Å²) in [7, 11) is 1.65. The summed E-state index contributed by atoms with van der Waals surface area (Å²) >= 11 is 0. The summed E-state index contributed by atoms with van der Waals surface area (Å²) in [6, 6.07) is 17.3. The fraction of sp³-hybridized carbons (Fsp3) is 0.333. The van der Waals surface area contributed by atoms with Crippen molar-refractivity contribution in [1.82, 2.24) is 5.32 Å². The standard InChI is InChI=1S/C18H24N2O3/c1-22-17-9-7-15(8-10-17)20-12-11-19-13-16(21)14-23-18-5-3-2-4-6-18/h2-10,16,19-21H,11-14H2,1H3. The third-order valence-electron chi connectivity index (χ3n) is 3.29. The van der Waals surface area contributed by atoms with E-state index in [2.05, 4.69) is 10.6 Å². The van der Waals surface area contributed by atoms with Gasteiger partial charge in [-0.2, -0.15) is 0 Å². The molecule has 5 heteroatoms. The Hall–Kier alpha value is -2.24. The van der Waals surface area contributed by atoms with Gasteiger partial charge in [-0.25, -0.2) is 0 Å². The van der Waals surface area contributed by atoms with Crippen molar-refractivity contribution in [3.8, 4) is 11.5 Å². The monoisotopic (exact) mass is 316 g/mol. The van der Waals surface area contributed by atoms with E-state index >= 15 is 0 Å². The number of hydrogen-bond donors (Lipinski definition) is 3. The van der Waals surface area contributed by atoms with Crippen LogP contribution in [0.25, 0.3) is 0 Å². The minimum Gasteiger partial charge on any atom is -0.497 e. The van der Waals surface area contributed by atoms with Gasteiger partial charge in [-0.05, 0) is 36.4 Å². The van der Waals surface area contributed by atoms with Crippen LogP contribution in [0, 0.1) is 0 Å². The van der Waals surface area contributed by atoms with E-state index in [9.17, 15) is 5.11 Å². The smallest absolute Gasteiger partial charge is 0.119 e. The van der Waals surface area contributed by atoms with Gasteiger partial charge in [0.05, 0.1) is 7.11 Å². The van der Waals surface area contributed by atoms with E-state index in [1.807, 2.05) is 54.6 Å². The lowest BCUT2D eigenvalue weighted by molar-refractivity contribution is 0.107. The molecule has 0 aliphatic rings. The highest BCUT2D eigenvalue weighted by Gasteiger charge is 2.04. The van der Waals surface area contributed by atoms with Crippen molar-refractivity contribution in [1.29, 1.82) is 0 Å². The van der Waals surface area contributed by atoms with E-state index in [0.29, 0.717) is 6.54 Å². The van der Waals surface area contributed by atoms with E-state index in [0.717, 1.165) is 30.3 Å². The van der Waals surface area contributed by atoms with Gasteiger partial charge in [0.15, 0.2) is 0 Å². The van der Waals surface area contributed by atoms with Crippen LogP contribution in [0.1, 0.15) is 0 Å². The lowest BCUT2D eigenvalue weighted by Crippen LogP contribution is -2.34. The molecule has 2 aromatic rings. The molecule has 0 radical (unpaired) electrons. The molecule has 0 amide bonds. The summed E-state index contributed by atoms with van der Waals surface area (Å²) in [5.41, 5.74) is 1.04. The van der Waals surface area contributed by atoms with Gasteiger partial charge in [0.1, 0.15) is 24.2 Å². The molecule has 0 aliphatic heterocycles. The molecule has 0 bridgehead atoms. The molecule has 0 aliphatic carbocycles. The van der Waals surface area contributed by atoms with Crippen molar-refractivity contribution in [3.05, 3.63) is 54.6 Å². The predicted octanol–water partition coefficient (Wildman–Crippen LogP) is 2.14. The predicted molar refractivity (Wildman–Crippen MR) is 92.3 cm³/mol. The van der Waals surface area contributed by atoms with E-state index < -0.39 is 6.10 Å². The second kappa shape index (κ2) is 9.71. The van der Waals surface area contributed by atoms with Gasteiger partial charge >= 0.3 is 0 Å². The number of aliphatic hydroxyl groups excluding tert-OH is 1. The highest BCUT2D eigenvalue weighted by molar-refractivity contribution is 5.46. The maximum Gasteiger partial charge on any atom is 0.119 e. The zero-order chi connectivity index (χ0) is 16.3. The lowest BCUT2D eigenvalue weighted by Gasteiger charge is -2.13. The molecule has 23 heavy (non-hydrogen) atoms. The quantitative estimate of drug-likeness (QED) is 0.586. The van der Waals surface area contributed by atoms with Crippen LogP contribution in [0.5, 0.6) is 11.5 Å². The van der Waals surface area contributed by atoms with Gasteiger partial charge in [0.25, 0.3) is 0 Å². The number of methoxy groups -OCH3 is 1. The highest BCUT2D eigenvalue weighted by atomic mass is 16.5. The van der Waals surface area contributed by atoms with Gasteiger partial charge in [-0.15, -0.1) is 0 Å². The first-order valence-corrected chi connectivity index (χ1v) is 7.72. The Morgan fingerprint density at radius 3 is 2.39 bits per heavy atom. The number of hydrogen-bond acceptors (Lipinski definition) is 5. The molecule has 0 saturated heterocycles. The molecular formula is C18H24N2O3. The molecule has 0 heterocycles. The number of benzene rings is 2. The van der Waals surface area contributed by atoms with Crippen molar-refractivity contribution in [3.63, 3.8) is 0 Å². The van der Waals surface area contributed by atoms with Crippen LogP contribution in [0.2, 0.25) is 0 Å². The highest BCUT2D eigenvalue weighted by Crippen LogP contribution is 2.14. The van der Waals surface area contributed by atoms with E-state index in [1.54, 1.807) is 7.11 Å². The third kappa shape index (κ3) is 6.59. The summed E-state index contributed by atoms with van der Waals surface area (Å²) in [6.45, 7) is 2.31. The maximum absolute atomic E-state index is 9.86. The molecule has 0 saturated carbocycles. The molecule has 0 aromatic heterocycles. The molecular weight excluding hydrogens is 292 g/mol. The molecule has 1 unspecified atom stereocenters. The number of aliphatic hydroxyl groups is 1. The van der Waals surface area contributed by atoms with Gasteiger partial charge in [-0.1, -0.05) is 18.2 Å². The first kappa shape index (κ1) is 17.1. The minimum atomic E-state index is -0.531. The average Bonchev–Trinajstić information content (AvgIpc) is 2.61. The van der Waals surface area contributed by atoms with Crippen molar-refractivity contribution >= 4 is 5.69 Å². The third-order valence-corrected chi connectivity index (χ3v) is 3.29. The Balaban J connectivity index is 1.54. The van der Waals surface area contributed by atoms with Crippen molar-refractivity contribution < 1.29 is 14.6 Å². The normalized spacial score (nSPS) is 11.7. The molecule has 3 N–H and O–H groups in total. The largest absolute Gasteiger partial charge is 0.497 e. The Labute approximate surface area is 137 Å². The van der Waals surface area contributed by atoms with Crippen LogP contribution < -0.4 is 20.1 Å². The van der Waals surface area contributed by atoms with Crippen molar-refractivity contribution in [2.75, 3.05) is 38.7 Å². The van der Waals surface area contributed by atoms with E-state index in [4.69, 9.17) is 9.47 Å². The van der Waals surface area contributed by atoms with Gasteiger partial charge < -0.3 is 25.2 Å². The van der Waals surface area contributed by atoms with Gasteiger partial charge in [0, 0.05) is 25.3 Å². The minimum absolute atomic E-state index is 0.281. The SMILES string of the molecule is COc1ccc(NCCNCC(O)COc2ccccc2)cc1. The van der Waals surface area contributed by atoms with Crippen LogP contribution >= 0.6 is 0 Å². The first-order chi connectivity index (χ1) is 11.3. The molecule has 1 atom stereocenters. The summed E-state index contributed by atoms with van der Waals surface area (Å²) in [4.78, 5) is 0. The molecule has 5 nitrogen and oxygen atoms in total. The molecule has 0 spiro atoms. The lowest BCUT2D eigenvalue weighted by atomic mass is 10.3. The maximum atomic E-state index is 9.86. The van der Waals surface area contributed by atoms with Crippen LogP contribution in [0.4, 0.5) is 5.69 Å². The Kier molecular flexibility index (Phi) is 7.23. The summed E-state index contributed by atoms with van der Waals surface area (Å²) < 4.78 is 10.6.